The van der Waals surface area contributed by atoms with Crippen LogP contribution in [0, 0.1) is 5.41 Å². The lowest BCUT2D eigenvalue weighted by Crippen LogP contribution is -2.62. The summed E-state index contributed by atoms with van der Waals surface area (Å²) in [6.45, 7) is 8.53. The van der Waals surface area contributed by atoms with Crippen LogP contribution >= 0.6 is 0 Å². The second-order valence-electron chi connectivity index (χ2n) is 7.58. The van der Waals surface area contributed by atoms with E-state index in [4.69, 9.17) is 4.74 Å². The van der Waals surface area contributed by atoms with Gasteiger partial charge < -0.3 is 14.5 Å². The van der Waals surface area contributed by atoms with Crippen molar-refractivity contribution in [1.29, 1.82) is 0 Å². The van der Waals surface area contributed by atoms with E-state index < -0.39 is 5.60 Å². The van der Waals surface area contributed by atoms with Gasteiger partial charge in [0.05, 0.1) is 0 Å². The lowest BCUT2D eigenvalue weighted by Gasteiger charge is -2.53. The molecule has 126 valence electrons. The Balaban J connectivity index is 1.49. The molecule has 0 N–H and O–H groups in total. The average Bonchev–Trinajstić information content (AvgIpc) is 2.96. The van der Waals surface area contributed by atoms with Gasteiger partial charge in [0.15, 0.2) is 0 Å². The maximum atomic E-state index is 12.3. The second-order valence-corrected chi connectivity index (χ2v) is 7.58. The zero-order valence-corrected chi connectivity index (χ0v) is 14.0. The number of carbonyl (C=O) groups excluding carboxylic acids is 2. The molecule has 3 rings (SSSR count). The van der Waals surface area contributed by atoms with Crippen LogP contribution in [0.15, 0.2) is 18.7 Å². The van der Waals surface area contributed by atoms with E-state index >= 15 is 0 Å². The van der Waals surface area contributed by atoms with Gasteiger partial charge in [-0.1, -0.05) is 0 Å². The molecule has 2 amide bonds. The lowest BCUT2D eigenvalue weighted by molar-refractivity contribution is -0.0550. The van der Waals surface area contributed by atoms with Gasteiger partial charge in [-0.2, -0.15) is 0 Å². The number of rotatable bonds is 0. The summed E-state index contributed by atoms with van der Waals surface area (Å²) in [4.78, 5) is 31.8. The van der Waals surface area contributed by atoms with E-state index in [1.807, 2.05) is 25.7 Å². The first-order chi connectivity index (χ1) is 10.8. The van der Waals surface area contributed by atoms with E-state index in [9.17, 15) is 9.59 Å². The number of likely N-dealkylation sites (tertiary alicyclic amines) is 2. The highest BCUT2D eigenvalue weighted by Gasteiger charge is 2.48. The van der Waals surface area contributed by atoms with Gasteiger partial charge >= 0.3 is 12.1 Å². The van der Waals surface area contributed by atoms with Crippen molar-refractivity contribution in [2.75, 3.05) is 26.2 Å². The first-order valence-electron chi connectivity index (χ1n) is 8.03. The Labute approximate surface area is 136 Å². The third-order valence-corrected chi connectivity index (χ3v) is 4.52. The maximum Gasteiger partial charge on any atom is 0.410 e. The number of nitrogens with zero attached hydrogens (tertiary/aromatic N) is 4. The van der Waals surface area contributed by atoms with Crippen LogP contribution in [0.1, 0.15) is 33.6 Å². The number of amides is 2. The SMILES string of the molecule is CC(C)(C)OC(=O)N1CC2(CCN(C(=O)n3ccnc3)CC2)C1. The quantitative estimate of drug-likeness (QED) is 0.735. The Morgan fingerprint density at radius 2 is 1.78 bits per heavy atom. The van der Waals surface area contributed by atoms with Crippen molar-refractivity contribution in [2.24, 2.45) is 5.41 Å². The fraction of sp³-hybridized carbons (Fsp3) is 0.688. The Bertz CT molecular complexity index is 575. The molecule has 23 heavy (non-hydrogen) atoms. The largest absolute Gasteiger partial charge is 0.444 e. The first kappa shape index (κ1) is 15.8. The van der Waals surface area contributed by atoms with E-state index in [2.05, 4.69) is 4.98 Å². The van der Waals surface area contributed by atoms with Gasteiger partial charge in [0.25, 0.3) is 0 Å². The van der Waals surface area contributed by atoms with Crippen molar-refractivity contribution in [3.05, 3.63) is 18.7 Å². The van der Waals surface area contributed by atoms with Crippen molar-refractivity contribution in [1.82, 2.24) is 19.4 Å². The maximum absolute atomic E-state index is 12.3. The van der Waals surface area contributed by atoms with Crippen molar-refractivity contribution in [3.8, 4) is 0 Å². The number of hydrogen-bond donors (Lipinski definition) is 0. The van der Waals surface area contributed by atoms with Crippen LogP contribution < -0.4 is 0 Å². The van der Waals surface area contributed by atoms with E-state index in [-0.39, 0.29) is 17.5 Å². The number of imidazole rings is 1. The molecule has 1 spiro atoms. The van der Waals surface area contributed by atoms with Crippen molar-refractivity contribution in [2.45, 2.75) is 39.2 Å². The standard InChI is InChI=1S/C16H24N4O3/c1-15(2,3)23-14(22)20-10-16(11-20)4-7-18(8-5-16)13(21)19-9-6-17-12-19/h6,9,12H,4-5,7-8,10-11H2,1-3H3. The molecular formula is C16H24N4O3. The van der Waals surface area contributed by atoms with Crippen LogP contribution in [0.25, 0.3) is 0 Å². The summed E-state index contributed by atoms with van der Waals surface area (Å²) >= 11 is 0. The van der Waals surface area contributed by atoms with E-state index in [1.165, 1.54) is 10.9 Å². The molecule has 2 fully saturated rings. The molecule has 1 aromatic rings. The fourth-order valence-corrected chi connectivity index (χ4v) is 3.24. The van der Waals surface area contributed by atoms with Gasteiger partial charge in [0.1, 0.15) is 11.9 Å². The Kier molecular flexibility index (Phi) is 3.82. The molecule has 0 saturated carbocycles. The molecule has 0 unspecified atom stereocenters. The molecule has 0 radical (unpaired) electrons. The molecule has 2 saturated heterocycles. The molecular weight excluding hydrogens is 296 g/mol. The molecule has 7 heteroatoms. The van der Waals surface area contributed by atoms with Crippen LogP contribution in [-0.2, 0) is 4.74 Å². The molecule has 1 aromatic heterocycles. The normalized spacial score (nSPS) is 20.3. The second kappa shape index (κ2) is 5.54. The van der Waals surface area contributed by atoms with Gasteiger partial charge in [-0.3, -0.25) is 4.57 Å². The lowest BCUT2D eigenvalue weighted by atomic mass is 9.72. The molecule has 3 heterocycles. The predicted octanol–water partition coefficient (Wildman–Crippen LogP) is 2.18. The summed E-state index contributed by atoms with van der Waals surface area (Å²) in [5, 5.41) is 0. The van der Waals surface area contributed by atoms with Gasteiger partial charge in [0, 0.05) is 44.0 Å². The number of piperidine rings is 1. The summed E-state index contributed by atoms with van der Waals surface area (Å²) in [5.74, 6) is 0. The number of hydrogen-bond acceptors (Lipinski definition) is 4. The minimum Gasteiger partial charge on any atom is -0.444 e. The third kappa shape index (κ3) is 3.33. The topological polar surface area (TPSA) is 67.7 Å². The van der Waals surface area contributed by atoms with Crippen LogP contribution in [0.5, 0.6) is 0 Å². The van der Waals surface area contributed by atoms with Crippen LogP contribution in [-0.4, -0.2) is 63.3 Å². The predicted molar refractivity (Wildman–Crippen MR) is 84.1 cm³/mol. The monoisotopic (exact) mass is 320 g/mol. The Morgan fingerprint density at radius 1 is 1.13 bits per heavy atom. The van der Waals surface area contributed by atoms with Crippen LogP contribution in [0.4, 0.5) is 9.59 Å². The molecule has 0 atom stereocenters. The third-order valence-electron chi connectivity index (χ3n) is 4.52. The minimum atomic E-state index is -0.458. The van der Waals surface area contributed by atoms with Gasteiger partial charge in [0.2, 0.25) is 0 Å². The Morgan fingerprint density at radius 3 is 2.30 bits per heavy atom. The molecule has 0 aliphatic carbocycles. The fourth-order valence-electron chi connectivity index (χ4n) is 3.24. The van der Waals surface area contributed by atoms with E-state index in [0.717, 1.165) is 39.0 Å². The summed E-state index contributed by atoms with van der Waals surface area (Å²) in [5.41, 5.74) is -0.303. The highest BCUT2D eigenvalue weighted by Crippen LogP contribution is 2.41. The van der Waals surface area contributed by atoms with Gasteiger partial charge in [-0.15, -0.1) is 0 Å². The Hall–Kier alpha value is -2.05. The van der Waals surface area contributed by atoms with Gasteiger partial charge in [-0.25, -0.2) is 14.6 Å². The molecule has 0 aromatic carbocycles. The zero-order chi connectivity index (χ0) is 16.7. The first-order valence-corrected chi connectivity index (χ1v) is 8.03. The van der Waals surface area contributed by atoms with Crippen molar-refractivity contribution >= 4 is 12.1 Å². The number of carbonyl (C=O) groups is 2. The van der Waals surface area contributed by atoms with E-state index in [1.54, 1.807) is 17.3 Å². The number of ether oxygens (including phenoxy) is 1. The highest BCUT2D eigenvalue weighted by atomic mass is 16.6. The smallest absolute Gasteiger partial charge is 0.410 e. The van der Waals surface area contributed by atoms with E-state index in [0.29, 0.717) is 0 Å². The van der Waals surface area contributed by atoms with Gasteiger partial charge in [-0.05, 0) is 33.6 Å². The summed E-state index contributed by atoms with van der Waals surface area (Å²) in [6, 6.07) is -0.0272. The molecule has 2 aliphatic rings. The molecule has 2 aliphatic heterocycles. The van der Waals surface area contributed by atoms with Crippen LogP contribution in [0.2, 0.25) is 0 Å². The zero-order valence-electron chi connectivity index (χ0n) is 14.0. The van der Waals surface area contributed by atoms with Crippen molar-refractivity contribution in [3.63, 3.8) is 0 Å². The molecule has 0 bridgehead atoms. The average molecular weight is 320 g/mol. The van der Waals surface area contributed by atoms with Crippen LogP contribution in [0.3, 0.4) is 0 Å². The summed E-state index contributed by atoms with van der Waals surface area (Å²) in [7, 11) is 0. The van der Waals surface area contributed by atoms with Crippen molar-refractivity contribution < 1.29 is 14.3 Å². The summed E-state index contributed by atoms with van der Waals surface area (Å²) < 4.78 is 6.90. The minimum absolute atomic E-state index is 0.0272. The highest BCUT2D eigenvalue weighted by molar-refractivity contribution is 5.76. The molecule has 7 nitrogen and oxygen atoms in total. The summed E-state index contributed by atoms with van der Waals surface area (Å²) in [6.07, 6.45) is 6.41. The number of aromatic nitrogens is 2.